The minimum Gasteiger partial charge on any atom is -0.497 e. The van der Waals surface area contributed by atoms with Gasteiger partial charge in [0.05, 0.1) is 12.8 Å². The zero-order chi connectivity index (χ0) is 15.7. The molecule has 1 saturated heterocycles. The zero-order valence-corrected chi connectivity index (χ0v) is 14.0. The molecule has 1 fully saturated rings. The van der Waals surface area contributed by atoms with Crippen LogP contribution >= 0.6 is 0 Å². The number of rotatable bonds is 4. The molecule has 0 saturated carbocycles. The molecule has 4 nitrogen and oxygen atoms in total. The maximum atomic E-state index is 5.34. The van der Waals surface area contributed by atoms with Crippen molar-refractivity contribution in [1.29, 1.82) is 0 Å². The molecule has 1 atom stereocenters. The predicted molar refractivity (Wildman–Crippen MR) is 88.1 cm³/mol. The lowest BCUT2D eigenvalue weighted by atomic mass is 10.0. The van der Waals surface area contributed by atoms with Crippen molar-refractivity contribution in [3.63, 3.8) is 0 Å². The van der Waals surface area contributed by atoms with E-state index >= 15 is 0 Å². The third kappa shape index (κ3) is 2.75. The number of likely N-dealkylation sites (tertiary alicyclic amines) is 1. The van der Waals surface area contributed by atoms with Gasteiger partial charge in [-0.3, -0.25) is 9.58 Å². The van der Waals surface area contributed by atoms with Crippen LogP contribution in [-0.4, -0.2) is 28.3 Å². The summed E-state index contributed by atoms with van der Waals surface area (Å²) in [5.41, 5.74) is 5.19. The van der Waals surface area contributed by atoms with E-state index in [1.807, 2.05) is 17.8 Å². The first-order valence-corrected chi connectivity index (χ1v) is 7.97. The summed E-state index contributed by atoms with van der Waals surface area (Å²) in [6.07, 6.45) is 2.47. The van der Waals surface area contributed by atoms with Crippen LogP contribution in [0.4, 0.5) is 0 Å². The van der Waals surface area contributed by atoms with E-state index in [2.05, 4.69) is 42.0 Å². The van der Waals surface area contributed by atoms with E-state index in [0.717, 1.165) is 18.8 Å². The molecule has 118 valence electrons. The molecule has 0 unspecified atom stereocenters. The van der Waals surface area contributed by atoms with Crippen LogP contribution in [0.25, 0.3) is 0 Å². The minimum absolute atomic E-state index is 0.486. The molecular weight excluding hydrogens is 274 g/mol. The van der Waals surface area contributed by atoms with E-state index < -0.39 is 0 Å². The fourth-order valence-corrected chi connectivity index (χ4v) is 3.62. The van der Waals surface area contributed by atoms with Crippen molar-refractivity contribution < 1.29 is 4.74 Å². The summed E-state index contributed by atoms with van der Waals surface area (Å²) in [6.45, 7) is 6.42. The average Bonchev–Trinajstić information content (AvgIpc) is 3.04. The van der Waals surface area contributed by atoms with Crippen LogP contribution in [0.2, 0.25) is 0 Å². The Morgan fingerprint density at radius 1 is 1.32 bits per heavy atom. The standard InChI is InChI=1S/C18H25N3O/c1-13-18(14(2)20(3)19-13)17-9-6-10-21(17)12-15-7-5-8-16(11-15)22-4/h5,7-8,11,17H,6,9-10,12H2,1-4H3/t17-/m1/s1. The van der Waals surface area contributed by atoms with E-state index in [1.165, 1.54) is 35.4 Å². The highest BCUT2D eigenvalue weighted by molar-refractivity contribution is 5.31. The zero-order valence-electron chi connectivity index (χ0n) is 14.0. The van der Waals surface area contributed by atoms with Crippen LogP contribution < -0.4 is 4.74 Å². The van der Waals surface area contributed by atoms with Crippen molar-refractivity contribution >= 4 is 0 Å². The van der Waals surface area contributed by atoms with Gasteiger partial charge < -0.3 is 4.74 Å². The van der Waals surface area contributed by atoms with Gasteiger partial charge in [0.25, 0.3) is 0 Å². The number of hydrogen-bond acceptors (Lipinski definition) is 3. The maximum Gasteiger partial charge on any atom is 0.119 e. The van der Waals surface area contributed by atoms with Crippen LogP contribution in [0.5, 0.6) is 5.75 Å². The number of methoxy groups -OCH3 is 1. The average molecular weight is 299 g/mol. The SMILES string of the molecule is COc1cccc(CN2CCC[C@@H]2c2c(C)nn(C)c2C)c1. The van der Waals surface area contributed by atoms with E-state index in [1.54, 1.807) is 7.11 Å². The van der Waals surface area contributed by atoms with Gasteiger partial charge in [0.15, 0.2) is 0 Å². The maximum absolute atomic E-state index is 5.34. The fraction of sp³-hybridized carbons (Fsp3) is 0.500. The Morgan fingerprint density at radius 3 is 2.82 bits per heavy atom. The molecule has 1 aliphatic rings. The van der Waals surface area contributed by atoms with Gasteiger partial charge in [-0.2, -0.15) is 5.10 Å². The van der Waals surface area contributed by atoms with E-state index in [4.69, 9.17) is 4.74 Å². The Hall–Kier alpha value is -1.81. The number of nitrogens with zero attached hydrogens (tertiary/aromatic N) is 3. The molecule has 1 aliphatic heterocycles. The highest BCUT2D eigenvalue weighted by atomic mass is 16.5. The van der Waals surface area contributed by atoms with Gasteiger partial charge in [-0.15, -0.1) is 0 Å². The molecule has 0 aliphatic carbocycles. The first-order valence-electron chi connectivity index (χ1n) is 7.97. The van der Waals surface area contributed by atoms with Gasteiger partial charge >= 0.3 is 0 Å². The Labute approximate surface area is 132 Å². The number of aromatic nitrogens is 2. The summed E-state index contributed by atoms with van der Waals surface area (Å²) >= 11 is 0. The van der Waals surface area contributed by atoms with Gasteiger partial charge in [0, 0.05) is 30.9 Å². The van der Waals surface area contributed by atoms with E-state index in [0.29, 0.717) is 6.04 Å². The number of aryl methyl sites for hydroxylation is 2. The van der Waals surface area contributed by atoms with E-state index in [-0.39, 0.29) is 0 Å². The minimum atomic E-state index is 0.486. The van der Waals surface area contributed by atoms with Crippen LogP contribution in [0.15, 0.2) is 24.3 Å². The van der Waals surface area contributed by atoms with E-state index in [9.17, 15) is 0 Å². The molecule has 4 heteroatoms. The molecule has 2 heterocycles. The van der Waals surface area contributed by atoms with Crippen LogP contribution in [0.3, 0.4) is 0 Å². The third-order valence-corrected chi connectivity index (χ3v) is 4.78. The van der Waals surface area contributed by atoms with Crippen LogP contribution in [-0.2, 0) is 13.6 Å². The van der Waals surface area contributed by atoms with Crippen LogP contribution in [0, 0.1) is 13.8 Å². The molecule has 0 N–H and O–H groups in total. The molecule has 1 aromatic carbocycles. The smallest absolute Gasteiger partial charge is 0.119 e. The second-order valence-electron chi connectivity index (χ2n) is 6.19. The third-order valence-electron chi connectivity index (χ3n) is 4.78. The normalized spacial score (nSPS) is 18.8. The Kier molecular flexibility index (Phi) is 4.21. The first-order chi connectivity index (χ1) is 10.6. The van der Waals surface area contributed by atoms with Gasteiger partial charge in [-0.25, -0.2) is 0 Å². The lowest BCUT2D eigenvalue weighted by Gasteiger charge is -2.25. The Bertz CT molecular complexity index is 662. The van der Waals surface area contributed by atoms with Crippen molar-refractivity contribution in [3.8, 4) is 5.75 Å². The molecule has 0 bridgehead atoms. The molecule has 1 aromatic heterocycles. The molecule has 0 radical (unpaired) electrons. The van der Waals surface area contributed by atoms with Gasteiger partial charge in [0.1, 0.15) is 5.75 Å². The van der Waals surface area contributed by atoms with Gasteiger partial charge in [0.2, 0.25) is 0 Å². The second kappa shape index (κ2) is 6.13. The Balaban J connectivity index is 1.84. The first kappa shape index (κ1) is 15.1. The summed E-state index contributed by atoms with van der Waals surface area (Å²) < 4.78 is 7.35. The molecule has 2 aromatic rings. The number of hydrogen-bond donors (Lipinski definition) is 0. The van der Waals surface area contributed by atoms with Crippen LogP contribution in [0.1, 0.15) is 41.4 Å². The summed E-state index contributed by atoms with van der Waals surface area (Å²) in [6, 6.07) is 8.87. The largest absolute Gasteiger partial charge is 0.497 e. The monoisotopic (exact) mass is 299 g/mol. The number of benzene rings is 1. The van der Waals surface area contributed by atoms with Gasteiger partial charge in [-0.1, -0.05) is 12.1 Å². The molecule has 0 spiro atoms. The lowest BCUT2D eigenvalue weighted by Crippen LogP contribution is -2.23. The van der Waals surface area contributed by atoms with Crippen molar-refractivity contribution in [3.05, 3.63) is 46.8 Å². The molecular formula is C18H25N3O. The quantitative estimate of drug-likeness (QED) is 0.867. The highest BCUT2D eigenvalue weighted by Crippen LogP contribution is 2.36. The molecule has 22 heavy (non-hydrogen) atoms. The molecule has 0 amide bonds. The van der Waals surface area contributed by atoms with Crippen molar-refractivity contribution in [2.45, 2.75) is 39.3 Å². The Morgan fingerprint density at radius 2 is 2.14 bits per heavy atom. The molecule has 3 rings (SSSR count). The van der Waals surface area contributed by atoms with Gasteiger partial charge in [-0.05, 0) is 50.9 Å². The summed E-state index contributed by atoms with van der Waals surface area (Å²) in [7, 11) is 3.76. The van der Waals surface area contributed by atoms with Crippen molar-refractivity contribution in [2.75, 3.05) is 13.7 Å². The second-order valence-corrected chi connectivity index (χ2v) is 6.19. The topological polar surface area (TPSA) is 30.3 Å². The van der Waals surface area contributed by atoms with Crippen molar-refractivity contribution in [2.24, 2.45) is 7.05 Å². The predicted octanol–water partition coefficient (Wildman–Crippen LogP) is 3.38. The summed E-state index contributed by atoms with van der Waals surface area (Å²) in [5, 5.41) is 4.59. The fourth-order valence-electron chi connectivity index (χ4n) is 3.62. The van der Waals surface area contributed by atoms with Crippen molar-refractivity contribution in [1.82, 2.24) is 14.7 Å². The summed E-state index contributed by atoms with van der Waals surface area (Å²) in [5.74, 6) is 0.932. The summed E-state index contributed by atoms with van der Waals surface area (Å²) in [4.78, 5) is 2.58. The number of ether oxygens (including phenoxy) is 1. The lowest BCUT2D eigenvalue weighted by molar-refractivity contribution is 0.246. The highest BCUT2D eigenvalue weighted by Gasteiger charge is 2.30.